The van der Waals surface area contributed by atoms with E-state index in [0.29, 0.717) is 10.6 Å². The van der Waals surface area contributed by atoms with Crippen LogP contribution in [0.2, 0.25) is 5.02 Å². The van der Waals surface area contributed by atoms with Crippen LogP contribution in [0.15, 0.2) is 24.3 Å². The molecule has 0 fully saturated rings. The minimum absolute atomic E-state index is 0.416. The third kappa shape index (κ3) is 9.20. The van der Waals surface area contributed by atoms with Crippen molar-refractivity contribution in [3.05, 3.63) is 34.9 Å². The molecule has 0 saturated heterocycles. The van der Waals surface area contributed by atoms with E-state index in [-0.39, 0.29) is 0 Å². The van der Waals surface area contributed by atoms with Gasteiger partial charge in [-0.2, -0.15) is 0 Å². The van der Waals surface area contributed by atoms with Gasteiger partial charge in [-0.3, -0.25) is 18.1 Å². The average molecular weight is 471 g/mol. The molecule has 10 heteroatoms. The van der Waals surface area contributed by atoms with Gasteiger partial charge in [0.1, 0.15) is 0 Å². The van der Waals surface area contributed by atoms with E-state index in [0.717, 1.165) is 0 Å². The van der Waals surface area contributed by atoms with Crippen LogP contribution in [0.25, 0.3) is 0 Å². The first-order valence-electron chi connectivity index (χ1n) is 9.63. The number of benzene rings is 1. The minimum atomic E-state index is -4.11. The lowest BCUT2D eigenvalue weighted by atomic mass is 10.2. The first kappa shape index (κ1) is 26.8. The van der Waals surface area contributed by atoms with Crippen LogP contribution in [0.4, 0.5) is 0 Å². The molecule has 7 nitrogen and oxygen atoms in total. The molecule has 0 heterocycles. The third-order valence-electron chi connectivity index (χ3n) is 3.07. The van der Waals surface area contributed by atoms with Gasteiger partial charge in [0, 0.05) is 5.02 Å². The van der Waals surface area contributed by atoms with E-state index in [9.17, 15) is 9.13 Å². The summed E-state index contributed by atoms with van der Waals surface area (Å²) in [6, 6.07) is 6.45. The number of halogens is 1. The van der Waals surface area contributed by atoms with Gasteiger partial charge in [-0.1, -0.05) is 23.7 Å². The van der Waals surface area contributed by atoms with Crippen molar-refractivity contribution >= 4 is 27.0 Å². The fraction of sp³-hybridized carbons (Fsp3) is 0.684. The fourth-order valence-electron chi connectivity index (χ4n) is 2.36. The summed E-state index contributed by atoms with van der Waals surface area (Å²) in [5, 5.41) is 0.483. The zero-order valence-electron chi connectivity index (χ0n) is 18.3. The van der Waals surface area contributed by atoms with E-state index in [1.54, 1.807) is 79.7 Å². The second-order valence-corrected chi connectivity index (χ2v) is 11.5. The van der Waals surface area contributed by atoms with Crippen LogP contribution in [0.1, 0.15) is 66.8 Å². The van der Waals surface area contributed by atoms with E-state index in [1.807, 2.05) is 0 Å². The van der Waals surface area contributed by atoms with Crippen LogP contribution in [0.3, 0.4) is 0 Å². The predicted octanol–water partition coefficient (Wildman–Crippen LogP) is 7.36. The lowest BCUT2D eigenvalue weighted by molar-refractivity contribution is 0.0458. The molecule has 1 aromatic carbocycles. The monoisotopic (exact) mass is 470 g/mol. The van der Waals surface area contributed by atoms with Crippen LogP contribution in [-0.4, -0.2) is 24.4 Å². The van der Waals surface area contributed by atoms with E-state index >= 15 is 0 Å². The Morgan fingerprint density at radius 1 is 0.655 bits per heavy atom. The molecule has 0 spiro atoms. The fourth-order valence-corrected chi connectivity index (χ4v) is 6.83. The predicted molar refractivity (Wildman–Crippen MR) is 115 cm³/mol. The van der Waals surface area contributed by atoms with Crippen LogP contribution >= 0.6 is 27.0 Å². The molecule has 0 aliphatic heterocycles. The zero-order valence-corrected chi connectivity index (χ0v) is 20.9. The maximum atomic E-state index is 13.8. The highest BCUT2D eigenvalue weighted by Crippen LogP contribution is 2.69. The Balaban J connectivity index is 3.50. The van der Waals surface area contributed by atoms with Crippen molar-refractivity contribution in [2.45, 2.75) is 85.7 Å². The van der Waals surface area contributed by atoms with Crippen molar-refractivity contribution < 1.29 is 31.7 Å². The highest BCUT2D eigenvalue weighted by atomic mass is 35.5. The summed E-state index contributed by atoms with van der Waals surface area (Å²) in [6.45, 7) is 13.7. The first-order valence-corrected chi connectivity index (χ1v) is 13.1. The summed E-state index contributed by atoms with van der Waals surface area (Å²) in [4.78, 5) is 0. The smallest absolute Gasteiger partial charge is 0.304 e. The Bertz CT molecular complexity index is 692. The quantitative estimate of drug-likeness (QED) is 0.295. The number of phosphoric ester groups is 1. The highest BCUT2D eigenvalue weighted by molar-refractivity contribution is 7.55. The van der Waals surface area contributed by atoms with E-state index in [4.69, 9.17) is 34.2 Å². The molecule has 0 aromatic heterocycles. The molecular formula is C19H33ClO7P2. The molecule has 0 saturated carbocycles. The second-order valence-electron chi connectivity index (χ2n) is 7.61. The lowest BCUT2D eigenvalue weighted by Crippen LogP contribution is -2.18. The van der Waals surface area contributed by atoms with E-state index in [2.05, 4.69) is 0 Å². The molecule has 0 radical (unpaired) electrons. The summed E-state index contributed by atoms with van der Waals surface area (Å²) in [5.74, 6) is -1.34. The highest BCUT2D eigenvalue weighted by Gasteiger charge is 2.46. The van der Waals surface area contributed by atoms with Gasteiger partial charge in [-0.05, 0) is 73.1 Å². The van der Waals surface area contributed by atoms with Gasteiger partial charge < -0.3 is 9.05 Å². The number of phosphoric acid groups is 1. The van der Waals surface area contributed by atoms with Crippen molar-refractivity contribution in [3.63, 3.8) is 0 Å². The molecule has 1 unspecified atom stereocenters. The van der Waals surface area contributed by atoms with Gasteiger partial charge in [0.05, 0.1) is 24.4 Å². The van der Waals surface area contributed by atoms with Gasteiger partial charge in [-0.25, -0.2) is 4.57 Å². The lowest BCUT2D eigenvalue weighted by Gasteiger charge is -2.32. The summed E-state index contributed by atoms with van der Waals surface area (Å²) in [6.07, 6.45) is -1.78. The van der Waals surface area contributed by atoms with Crippen LogP contribution < -0.4 is 0 Å². The SMILES string of the molecule is CC(C)OP(=O)(OC(C)C)OC(c1ccc(Cl)cc1)P(=O)(OC(C)C)OC(C)C. The Labute approximate surface area is 179 Å². The van der Waals surface area contributed by atoms with Crippen molar-refractivity contribution in [2.24, 2.45) is 0 Å². The minimum Gasteiger partial charge on any atom is -0.304 e. The van der Waals surface area contributed by atoms with Crippen molar-refractivity contribution in [1.82, 2.24) is 0 Å². The van der Waals surface area contributed by atoms with Crippen LogP contribution in [-0.2, 0) is 31.7 Å². The molecular weight excluding hydrogens is 438 g/mol. The van der Waals surface area contributed by atoms with Crippen molar-refractivity contribution in [2.75, 3.05) is 0 Å². The normalized spacial score (nSPS) is 14.4. The summed E-state index contributed by atoms with van der Waals surface area (Å²) < 4.78 is 55.4. The van der Waals surface area contributed by atoms with Crippen LogP contribution in [0, 0.1) is 0 Å². The van der Waals surface area contributed by atoms with E-state index < -0.39 is 45.7 Å². The molecule has 1 atom stereocenters. The Morgan fingerprint density at radius 3 is 1.38 bits per heavy atom. The second kappa shape index (κ2) is 11.4. The van der Waals surface area contributed by atoms with Gasteiger partial charge >= 0.3 is 15.4 Å². The standard InChI is InChI=1S/C19H33ClO7P2/c1-13(2)23-28(21,24-14(3)4)19(17-9-11-18(20)12-10-17)27-29(22,25-15(5)6)26-16(7)8/h9-16,19H,1-8H3. The number of rotatable bonds is 12. The molecule has 168 valence electrons. The summed E-state index contributed by atoms with van der Waals surface area (Å²) in [5.41, 5.74) is 0.416. The van der Waals surface area contributed by atoms with Gasteiger partial charge in [0.15, 0.2) is 5.85 Å². The van der Waals surface area contributed by atoms with Crippen molar-refractivity contribution in [3.8, 4) is 0 Å². The summed E-state index contributed by atoms with van der Waals surface area (Å²) in [7, 11) is -8.07. The van der Waals surface area contributed by atoms with Gasteiger partial charge in [-0.15, -0.1) is 0 Å². The molecule has 0 amide bonds. The van der Waals surface area contributed by atoms with Crippen LogP contribution in [0.5, 0.6) is 0 Å². The largest absolute Gasteiger partial charge is 0.476 e. The maximum Gasteiger partial charge on any atom is 0.476 e. The first-order chi connectivity index (χ1) is 13.3. The molecule has 0 N–H and O–H groups in total. The zero-order chi connectivity index (χ0) is 22.4. The van der Waals surface area contributed by atoms with Gasteiger partial charge in [0.2, 0.25) is 0 Å². The Morgan fingerprint density at radius 2 is 1.03 bits per heavy atom. The third-order valence-corrected chi connectivity index (χ3v) is 7.72. The van der Waals surface area contributed by atoms with E-state index in [1.165, 1.54) is 0 Å². The maximum absolute atomic E-state index is 13.8. The average Bonchev–Trinajstić information content (AvgIpc) is 2.50. The molecule has 0 aliphatic carbocycles. The van der Waals surface area contributed by atoms with Crippen molar-refractivity contribution in [1.29, 1.82) is 0 Å². The molecule has 1 aromatic rings. The molecule has 0 bridgehead atoms. The molecule has 1 rings (SSSR count). The van der Waals surface area contributed by atoms with Gasteiger partial charge in [0.25, 0.3) is 0 Å². The Hall–Kier alpha value is -0.230. The Kier molecular flexibility index (Phi) is 10.5. The molecule has 0 aliphatic rings. The number of hydrogen-bond donors (Lipinski definition) is 0. The topological polar surface area (TPSA) is 80.3 Å². The molecule has 29 heavy (non-hydrogen) atoms. The summed E-state index contributed by atoms with van der Waals surface area (Å²) >= 11 is 5.99. The number of hydrogen-bond acceptors (Lipinski definition) is 7.